The molecular formula is C20H22FNO2. The lowest BCUT2D eigenvalue weighted by Gasteiger charge is -2.23. The molecule has 0 aliphatic heterocycles. The normalized spacial score (nSPS) is 20.5. The number of carbonyl (C=O) groups excluding carboxylic acids is 1. The lowest BCUT2D eigenvalue weighted by atomic mass is 9.95. The van der Waals surface area contributed by atoms with E-state index in [-0.39, 0.29) is 29.8 Å². The number of halogens is 1. The van der Waals surface area contributed by atoms with Crippen molar-refractivity contribution in [1.82, 2.24) is 5.32 Å². The van der Waals surface area contributed by atoms with E-state index in [2.05, 4.69) is 11.4 Å². The van der Waals surface area contributed by atoms with Gasteiger partial charge in [-0.3, -0.25) is 4.79 Å². The molecule has 0 spiro atoms. The van der Waals surface area contributed by atoms with Gasteiger partial charge in [0.1, 0.15) is 11.9 Å². The van der Waals surface area contributed by atoms with E-state index in [9.17, 15) is 9.18 Å². The van der Waals surface area contributed by atoms with Gasteiger partial charge in [0.2, 0.25) is 5.91 Å². The molecule has 3 nitrogen and oxygen atoms in total. The molecule has 1 amide bonds. The second kappa shape index (κ2) is 7.14. The van der Waals surface area contributed by atoms with Crippen molar-refractivity contribution in [3.05, 3.63) is 71.0 Å². The summed E-state index contributed by atoms with van der Waals surface area (Å²) in [7, 11) is 1.67. The van der Waals surface area contributed by atoms with Crippen LogP contribution in [-0.2, 0) is 16.0 Å². The van der Waals surface area contributed by atoms with Crippen molar-refractivity contribution in [2.45, 2.75) is 37.8 Å². The summed E-state index contributed by atoms with van der Waals surface area (Å²) in [5.41, 5.74) is 3.19. The predicted molar refractivity (Wildman–Crippen MR) is 91.3 cm³/mol. The zero-order valence-corrected chi connectivity index (χ0v) is 14.0. The molecule has 0 heterocycles. The third-order valence-electron chi connectivity index (χ3n) is 4.75. The van der Waals surface area contributed by atoms with Crippen LogP contribution in [0.5, 0.6) is 0 Å². The summed E-state index contributed by atoms with van der Waals surface area (Å²) in [4.78, 5) is 12.8. The first-order valence-electron chi connectivity index (χ1n) is 8.30. The van der Waals surface area contributed by atoms with Gasteiger partial charge in [-0.15, -0.1) is 0 Å². The molecule has 0 saturated heterocycles. The van der Waals surface area contributed by atoms with Gasteiger partial charge in [-0.1, -0.05) is 43.3 Å². The highest BCUT2D eigenvalue weighted by atomic mass is 19.1. The number of ether oxygens (including phenoxy) is 1. The zero-order chi connectivity index (χ0) is 17.1. The van der Waals surface area contributed by atoms with Gasteiger partial charge in [0.25, 0.3) is 0 Å². The minimum Gasteiger partial charge on any atom is -0.375 e. The van der Waals surface area contributed by atoms with E-state index in [1.807, 2.05) is 25.1 Å². The number of carbonyl (C=O) groups is 1. The largest absolute Gasteiger partial charge is 0.375 e. The molecule has 0 fully saturated rings. The van der Waals surface area contributed by atoms with Gasteiger partial charge in [-0.25, -0.2) is 4.39 Å². The molecule has 0 saturated carbocycles. The Hall–Kier alpha value is -2.20. The van der Waals surface area contributed by atoms with Crippen LogP contribution >= 0.6 is 0 Å². The van der Waals surface area contributed by atoms with Crippen molar-refractivity contribution in [3.8, 4) is 0 Å². The van der Waals surface area contributed by atoms with Crippen LogP contribution in [0.4, 0.5) is 4.39 Å². The average molecular weight is 327 g/mol. The maximum atomic E-state index is 13.1. The highest BCUT2D eigenvalue weighted by Gasteiger charge is 2.34. The van der Waals surface area contributed by atoms with Crippen LogP contribution in [0, 0.1) is 5.82 Å². The van der Waals surface area contributed by atoms with Crippen LogP contribution in [-0.4, -0.2) is 19.1 Å². The Morgan fingerprint density at radius 2 is 1.96 bits per heavy atom. The van der Waals surface area contributed by atoms with E-state index in [1.165, 1.54) is 17.7 Å². The lowest BCUT2D eigenvalue weighted by molar-refractivity contribution is -0.124. The number of amides is 1. The molecule has 0 aromatic heterocycles. The smallest absolute Gasteiger partial charge is 0.227 e. The van der Waals surface area contributed by atoms with Crippen LogP contribution in [0.15, 0.2) is 48.5 Å². The van der Waals surface area contributed by atoms with Gasteiger partial charge in [0.15, 0.2) is 0 Å². The van der Waals surface area contributed by atoms with Gasteiger partial charge in [-0.05, 0) is 41.7 Å². The van der Waals surface area contributed by atoms with Gasteiger partial charge in [0.05, 0.1) is 12.0 Å². The van der Waals surface area contributed by atoms with Gasteiger partial charge in [0, 0.05) is 7.11 Å². The molecule has 4 heteroatoms. The number of methoxy groups -OCH3 is 1. The van der Waals surface area contributed by atoms with Crippen LogP contribution < -0.4 is 5.32 Å². The van der Waals surface area contributed by atoms with Crippen molar-refractivity contribution < 1.29 is 13.9 Å². The first-order valence-corrected chi connectivity index (χ1v) is 8.30. The molecule has 1 aliphatic rings. The fraction of sp³-hybridized carbons (Fsp3) is 0.350. The lowest BCUT2D eigenvalue weighted by Crippen LogP contribution is -2.41. The summed E-state index contributed by atoms with van der Waals surface area (Å²) in [6.07, 6.45) is 1.30. The highest BCUT2D eigenvalue weighted by molar-refractivity contribution is 5.84. The summed E-state index contributed by atoms with van der Waals surface area (Å²) < 4.78 is 18.7. The highest BCUT2D eigenvalue weighted by Crippen LogP contribution is 2.34. The molecule has 2 aromatic carbocycles. The molecule has 24 heavy (non-hydrogen) atoms. The van der Waals surface area contributed by atoms with Crippen LogP contribution in [0.2, 0.25) is 0 Å². The van der Waals surface area contributed by atoms with Gasteiger partial charge < -0.3 is 10.1 Å². The molecule has 1 N–H and O–H groups in total. The number of benzene rings is 2. The van der Waals surface area contributed by atoms with Crippen molar-refractivity contribution in [3.63, 3.8) is 0 Å². The monoisotopic (exact) mass is 327 g/mol. The SMILES string of the molecule is CC[C@H](C(=O)N[C@H]1Cc2ccccc2[C@@H]1OC)c1ccc(F)cc1. The van der Waals surface area contributed by atoms with Crippen LogP contribution in [0.25, 0.3) is 0 Å². The van der Waals surface area contributed by atoms with Crippen molar-refractivity contribution >= 4 is 5.91 Å². The minimum absolute atomic E-state index is 0.0380. The quantitative estimate of drug-likeness (QED) is 0.908. The maximum Gasteiger partial charge on any atom is 0.227 e. The Balaban J connectivity index is 1.75. The first-order chi connectivity index (χ1) is 11.6. The molecule has 3 rings (SSSR count). The van der Waals surface area contributed by atoms with E-state index < -0.39 is 0 Å². The zero-order valence-electron chi connectivity index (χ0n) is 14.0. The third-order valence-corrected chi connectivity index (χ3v) is 4.75. The number of nitrogens with one attached hydrogen (secondary N) is 1. The summed E-state index contributed by atoms with van der Waals surface area (Å²) in [5.74, 6) is -0.615. The van der Waals surface area contributed by atoms with E-state index in [4.69, 9.17) is 4.74 Å². The second-order valence-corrected chi connectivity index (χ2v) is 6.19. The Morgan fingerprint density at radius 1 is 1.25 bits per heavy atom. The minimum atomic E-state index is -0.292. The van der Waals surface area contributed by atoms with E-state index in [0.29, 0.717) is 6.42 Å². The summed E-state index contributed by atoms with van der Waals surface area (Å²) in [5, 5.41) is 3.13. The number of rotatable bonds is 5. The molecule has 0 bridgehead atoms. The number of hydrogen-bond donors (Lipinski definition) is 1. The molecule has 2 aromatic rings. The van der Waals surface area contributed by atoms with Gasteiger partial charge in [-0.2, -0.15) is 0 Å². The average Bonchev–Trinajstić information content (AvgIpc) is 2.94. The Bertz CT molecular complexity index is 714. The molecule has 1 aliphatic carbocycles. The van der Waals surface area contributed by atoms with E-state index >= 15 is 0 Å². The van der Waals surface area contributed by atoms with Gasteiger partial charge >= 0.3 is 0 Å². The Labute approximate surface area is 141 Å². The molecule has 0 unspecified atom stereocenters. The maximum absolute atomic E-state index is 13.1. The topological polar surface area (TPSA) is 38.3 Å². The van der Waals surface area contributed by atoms with Crippen LogP contribution in [0.1, 0.15) is 42.1 Å². The Morgan fingerprint density at radius 3 is 2.62 bits per heavy atom. The van der Waals surface area contributed by atoms with Crippen molar-refractivity contribution in [2.24, 2.45) is 0 Å². The number of hydrogen-bond acceptors (Lipinski definition) is 2. The molecule has 126 valence electrons. The van der Waals surface area contributed by atoms with Crippen molar-refractivity contribution in [1.29, 1.82) is 0 Å². The second-order valence-electron chi connectivity index (χ2n) is 6.19. The number of fused-ring (bicyclic) bond motifs is 1. The summed E-state index contributed by atoms with van der Waals surface area (Å²) >= 11 is 0. The fourth-order valence-corrected chi connectivity index (χ4v) is 3.53. The van der Waals surface area contributed by atoms with Crippen LogP contribution in [0.3, 0.4) is 0 Å². The standard InChI is InChI=1S/C20H22FNO2/c1-3-16(13-8-10-15(21)11-9-13)20(23)22-18-12-14-6-4-5-7-17(14)19(18)24-2/h4-11,16,18-19H,3,12H2,1-2H3,(H,22,23)/t16-,18-,19-/m0/s1. The fourth-order valence-electron chi connectivity index (χ4n) is 3.53. The van der Waals surface area contributed by atoms with Crippen molar-refractivity contribution in [2.75, 3.05) is 7.11 Å². The molecular weight excluding hydrogens is 305 g/mol. The Kier molecular flexibility index (Phi) is 4.95. The third kappa shape index (κ3) is 3.20. The molecule has 3 atom stereocenters. The van der Waals surface area contributed by atoms with E-state index in [1.54, 1.807) is 19.2 Å². The summed E-state index contributed by atoms with van der Waals surface area (Å²) in [6, 6.07) is 14.2. The van der Waals surface area contributed by atoms with E-state index in [0.717, 1.165) is 17.5 Å². The predicted octanol–water partition coefficient (Wildman–Crippen LogP) is 3.75. The molecule has 0 radical (unpaired) electrons. The summed E-state index contributed by atoms with van der Waals surface area (Å²) in [6.45, 7) is 1.96. The first kappa shape index (κ1) is 16.7.